The molecule has 1 fully saturated rings. The number of nitrogens with one attached hydrogen (secondary N) is 1. The van der Waals surface area contributed by atoms with Crippen LogP contribution in [0.2, 0.25) is 5.02 Å². The van der Waals surface area contributed by atoms with Gasteiger partial charge in [0.05, 0.1) is 17.9 Å². The highest BCUT2D eigenvalue weighted by atomic mass is 35.5. The number of carbonyl (C=O) groups is 1. The van der Waals surface area contributed by atoms with Gasteiger partial charge in [-0.1, -0.05) is 36.7 Å². The largest absolute Gasteiger partial charge is 0.365 e. The van der Waals surface area contributed by atoms with Crippen LogP contribution in [0.5, 0.6) is 0 Å². The monoisotopic (exact) mass is 390 g/mol. The predicted molar refractivity (Wildman–Crippen MR) is 106 cm³/mol. The second-order valence-electron chi connectivity index (χ2n) is 6.75. The first-order valence-corrected chi connectivity index (χ1v) is 9.55. The Bertz CT molecular complexity index is 803. The number of aromatic nitrogens is 1. The average Bonchev–Trinajstić information content (AvgIpc) is 2.67. The summed E-state index contributed by atoms with van der Waals surface area (Å²) in [6.07, 6.45) is 3.54. The van der Waals surface area contributed by atoms with Crippen LogP contribution in [0.4, 0.5) is 14.9 Å². The lowest BCUT2D eigenvalue weighted by atomic mass is 10.0. The van der Waals surface area contributed by atoms with E-state index in [1.54, 1.807) is 17.2 Å². The lowest BCUT2D eigenvalue weighted by Gasteiger charge is -2.41. The van der Waals surface area contributed by atoms with Gasteiger partial charge in [-0.15, -0.1) is 0 Å². The molecular formula is C20H24ClFN4O. The van der Waals surface area contributed by atoms with E-state index in [9.17, 15) is 9.18 Å². The second kappa shape index (κ2) is 8.57. The second-order valence-corrected chi connectivity index (χ2v) is 7.15. The maximum absolute atomic E-state index is 14.0. The lowest BCUT2D eigenvalue weighted by Crippen LogP contribution is -2.57. The van der Waals surface area contributed by atoms with Crippen LogP contribution in [0.1, 0.15) is 31.9 Å². The van der Waals surface area contributed by atoms with Crippen LogP contribution in [0.3, 0.4) is 0 Å². The fraction of sp³-hybridized carbons (Fsp3) is 0.400. The highest BCUT2D eigenvalue weighted by molar-refractivity contribution is 6.31. The number of piperazine rings is 1. The van der Waals surface area contributed by atoms with Gasteiger partial charge in [-0.2, -0.15) is 0 Å². The van der Waals surface area contributed by atoms with E-state index in [-0.39, 0.29) is 23.9 Å². The minimum Gasteiger partial charge on any atom is -0.365 e. The molecule has 0 spiro atoms. The zero-order valence-corrected chi connectivity index (χ0v) is 16.3. The number of amides is 2. The number of nitrogens with zero attached hydrogens (tertiary/aromatic N) is 3. The Labute approximate surface area is 164 Å². The summed E-state index contributed by atoms with van der Waals surface area (Å²) in [7, 11) is 0. The molecule has 0 saturated carbocycles. The van der Waals surface area contributed by atoms with Crippen molar-refractivity contribution in [2.45, 2.75) is 32.4 Å². The Hall–Kier alpha value is -2.34. The van der Waals surface area contributed by atoms with Gasteiger partial charge in [-0.25, -0.2) is 9.18 Å². The third kappa shape index (κ3) is 4.33. The molecule has 5 nitrogen and oxygen atoms in total. The normalized spacial score (nSPS) is 18.3. The van der Waals surface area contributed by atoms with Crippen molar-refractivity contribution in [1.29, 1.82) is 0 Å². The Kier molecular flexibility index (Phi) is 6.16. The number of carbonyl (C=O) groups excluding carboxylic acids is 1. The Morgan fingerprint density at radius 2 is 2.15 bits per heavy atom. The van der Waals surface area contributed by atoms with Crippen molar-refractivity contribution in [3.63, 3.8) is 0 Å². The molecule has 2 heterocycles. The molecule has 1 aliphatic rings. The van der Waals surface area contributed by atoms with Gasteiger partial charge in [-0.3, -0.25) is 4.98 Å². The van der Waals surface area contributed by atoms with Gasteiger partial charge < -0.3 is 15.1 Å². The van der Waals surface area contributed by atoms with E-state index in [1.165, 1.54) is 6.20 Å². The van der Waals surface area contributed by atoms with E-state index in [4.69, 9.17) is 11.6 Å². The molecule has 2 unspecified atom stereocenters. The lowest BCUT2D eigenvalue weighted by molar-refractivity contribution is 0.167. The minimum atomic E-state index is -0.340. The fourth-order valence-electron chi connectivity index (χ4n) is 3.49. The van der Waals surface area contributed by atoms with Crippen molar-refractivity contribution in [1.82, 2.24) is 15.2 Å². The molecule has 1 aromatic carbocycles. The molecule has 0 aliphatic carbocycles. The first kappa shape index (κ1) is 19.4. The van der Waals surface area contributed by atoms with Gasteiger partial charge in [0.1, 0.15) is 0 Å². The van der Waals surface area contributed by atoms with Crippen LogP contribution < -0.4 is 10.2 Å². The van der Waals surface area contributed by atoms with Crippen LogP contribution >= 0.6 is 11.6 Å². The van der Waals surface area contributed by atoms with Gasteiger partial charge in [0.15, 0.2) is 5.82 Å². The van der Waals surface area contributed by atoms with E-state index in [1.807, 2.05) is 43.0 Å². The summed E-state index contributed by atoms with van der Waals surface area (Å²) in [4.78, 5) is 20.4. The van der Waals surface area contributed by atoms with Gasteiger partial charge in [-0.05, 0) is 31.0 Å². The minimum absolute atomic E-state index is 0.0462. The highest BCUT2D eigenvalue weighted by Gasteiger charge is 2.30. The Morgan fingerprint density at radius 1 is 1.37 bits per heavy atom. The molecule has 1 aliphatic heterocycles. The molecule has 7 heteroatoms. The number of rotatable bonds is 4. The zero-order chi connectivity index (χ0) is 19.4. The first-order chi connectivity index (χ1) is 13.0. The molecule has 1 saturated heterocycles. The molecule has 3 rings (SSSR count). The van der Waals surface area contributed by atoms with Crippen molar-refractivity contribution in [3.05, 3.63) is 59.1 Å². The number of anilines is 1. The summed E-state index contributed by atoms with van der Waals surface area (Å²) in [6.45, 7) is 5.65. The van der Waals surface area contributed by atoms with E-state index in [2.05, 4.69) is 10.3 Å². The summed E-state index contributed by atoms with van der Waals surface area (Å²) in [6, 6.07) is 8.91. The highest BCUT2D eigenvalue weighted by Crippen LogP contribution is 2.26. The number of pyridine rings is 1. The van der Waals surface area contributed by atoms with Crippen LogP contribution in [0, 0.1) is 5.82 Å². The third-order valence-electron chi connectivity index (χ3n) is 4.97. The van der Waals surface area contributed by atoms with Crippen molar-refractivity contribution >= 4 is 23.3 Å². The van der Waals surface area contributed by atoms with Crippen LogP contribution in [0.15, 0.2) is 42.7 Å². The molecule has 144 valence electrons. The standard InChI is InChI=1S/C20H24ClFN4O/c1-3-18(15-6-4-5-7-16(15)21)24-20(27)26-11-10-25(13-14(26)2)19-8-9-23-12-17(19)22/h4-9,12,14,18H,3,10-11,13H2,1-2H3,(H,24,27). The molecular weight excluding hydrogens is 367 g/mol. The summed E-state index contributed by atoms with van der Waals surface area (Å²) in [5, 5.41) is 3.74. The van der Waals surface area contributed by atoms with Crippen molar-refractivity contribution in [2.24, 2.45) is 0 Å². The van der Waals surface area contributed by atoms with E-state index < -0.39 is 0 Å². The van der Waals surface area contributed by atoms with Gasteiger partial charge in [0.25, 0.3) is 0 Å². The molecule has 0 bridgehead atoms. The SMILES string of the molecule is CCC(NC(=O)N1CCN(c2ccncc2F)CC1C)c1ccccc1Cl. The van der Waals surface area contributed by atoms with E-state index in [0.29, 0.717) is 30.3 Å². The number of halogens is 2. The van der Waals surface area contributed by atoms with Gasteiger partial charge in [0.2, 0.25) is 0 Å². The molecule has 1 aromatic heterocycles. The summed E-state index contributed by atoms with van der Waals surface area (Å²) in [5.41, 5.74) is 1.44. The Balaban J connectivity index is 1.66. The molecule has 1 N–H and O–H groups in total. The molecule has 2 amide bonds. The topological polar surface area (TPSA) is 48.5 Å². The molecule has 2 aromatic rings. The quantitative estimate of drug-likeness (QED) is 0.849. The summed E-state index contributed by atoms with van der Waals surface area (Å²) < 4.78 is 14.0. The van der Waals surface area contributed by atoms with E-state index >= 15 is 0 Å². The fourth-order valence-corrected chi connectivity index (χ4v) is 3.76. The first-order valence-electron chi connectivity index (χ1n) is 9.17. The number of urea groups is 1. The van der Waals surface area contributed by atoms with Gasteiger partial charge in [0, 0.05) is 36.9 Å². The zero-order valence-electron chi connectivity index (χ0n) is 15.5. The molecule has 0 radical (unpaired) electrons. The van der Waals surface area contributed by atoms with Crippen molar-refractivity contribution < 1.29 is 9.18 Å². The van der Waals surface area contributed by atoms with Crippen molar-refractivity contribution in [2.75, 3.05) is 24.5 Å². The smallest absolute Gasteiger partial charge is 0.318 e. The van der Waals surface area contributed by atoms with Crippen LogP contribution in [-0.2, 0) is 0 Å². The number of hydrogen-bond acceptors (Lipinski definition) is 3. The Morgan fingerprint density at radius 3 is 2.81 bits per heavy atom. The average molecular weight is 391 g/mol. The van der Waals surface area contributed by atoms with Gasteiger partial charge >= 0.3 is 6.03 Å². The maximum atomic E-state index is 14.0. The number of benzene rings is 1. The molecule has 2 atom stereocenters. The van der Waals surface area contributed by atoms with Crippen LogP contribution in [0.25, 0.3) is 0 Å². The maximum Gasteiger partial charge on any atom is 0.318 e. The molecule has 27 heavy (non-hydrogen) atoms. The predicted octanol–water partition coefficient (Wildman–Crippen LogP) is 4.25. The summed E-state index contributed by atoms with van der Waals surface area (Å²) >= 11 is 6.29. The van der Waals surface area contributed by atoms with Crippen LogP contribution in [-0.4, -0.2) is 41.6 Å². The third-order valence-corrected chi connectivity index (χ3v) is 5.31. The summed E-state index contributed by atoms with van der Waals surface area (Å²) in [5.74, 6) is -0.340. The number of hydrogen-bond donors (Lipinski definition) is 1. The van der Waals surface area contributed by atoms with E-state index in [0.717, 1.165) is 12.0 Å². The van der Waals surface area contributed by atoms with Crippen molar-refractivity contribution in [3.8, 4) is 0 Å².